The molecule has 3 aliphatic carbocycles. The van der Waals surface area contributed by atoms with E-state index in [1.165, 1.54) is 0 Å². The van der Waals surface area contributed by atoms with Crippen LogP contribution in [0.25, 0.3) is 0 Å². The highest BCUT2D eigenvalue weighted by Crippen LogP contribution is 2.59. The maximum Gasteiger partial charge on any atom is 0.178 e. The molecule has 0 aromatic heterocycles. The number of aliphatic hydroxyl groups is 1. The topological polar surface area (TPSA) is 83.8 Å². The molecule has 0 aromatic rings. The number of allylic oxidation sites excluding steroid dienone is 4. The van der Waals surface area contributed by atoms with E-state index in [1.54, 1.807) is 12.2 Å². The van der Waals surface area contributed by atoms with Gasteiger partial charge in [0.2, 0.25) is 0 Å². The number of ketones is 2. The highest BCUT2D eigenvalue weighted by atomic mass is 16.3. The van der Waals surface area contributed by atoms with Crippen molar-refractivity contribution in [2.75, 3.05) is 6.61 Å². The van der Waals surface area contributed by atoms with Gasteiger partial charge in [-0.05, 0) is 49.2 Å². The Bertz CT molecular complexity index is 652. The third kappa shape index (κ3) is 2.82. The lowest BCUT2D eigenvalue weighted by Gasteiger charge is -2.55. The third-order valence-corrected chi connectivity index (χ3v) is 7.22. The number of hydrogen-bond acceptors (Lipinski definition) is 5. The lowest BCUT2D eigenvalue weighted by atomic mass is 9.48. The molecule has 2 fully saturated rings. The van der Waals surface area contributed by atoms with Gasteiger partial charge in [-0.2, -0.15) is 4.91 Å². The zero-order chi connectivity index (χ0) is 18.4. The summed E-state index contributed by atoms with van der Waals surface area (Å²) in [7, 11) is 0. The number of hydrogen-bond donors (Lipinski definition) is 1. The molecule has 0 amide bonds. The van der Waals surface area contributed by atoms with Crippen LogP contribution in [0.2, 0.25) is 0 Å². The molecule has 3 aliphatic rings. The summed E-state index contributed by atoms with van der Waals surface area (Å²) in [5, 5.41) is 12.7. The zero-order valence-corrected chi connectivity index (χ0v) is 15.1. The summed E-state index contributed by atoms with van der Waals surface area (Å²) in [6, 6.07) is -0.369. The number of carbonyl (C=O) groups is 2. The van der Waals surface area contributed by atoms with Gasteiger partial charge in [-0.15, -0.1) is 0 Å². The molecule has 3 rings (SSSR count). The predicted molar refractivity (Wildman–Crippen MR) is 94.7 cm³/mol. The Hall–Kier alpha value is -1.62. The monoisotopic (exact) mass is 345 g/mol. The zero-order valence-electron chi connectivity index (χ0n) is 15.1. The van der Waals surface area contributed by atoms with E-state index in [4.69, 9.17) is 0 Å². The molecule has 0 saturated heterocycles. The maximum atomic E-state index is 12.0. The van der Waals surface area contributed by atoms with Crippen LogP contribution in [0.3, 0.4) is 0 Å². The third-order valence-electron chi connectivity index (χ3n) is 7.22. The van der Waals surface area contributed by atoms with Gasteiger partial charge in [0.05, 0.1) is 6.04 Å². The molecule has 7 unspecified atom stereocenters. The van der Waals surface area contributed by atoms with Gasteiger partial charge >= 0.3 is 0 Å². The Balaban J connectivity index is 1.96. The number of rotatable bonds is 4. The van der Waals surface area contributed by atoms with Gasteiger partial charge in [0.25, 0.3) is 0 Å². The van der Waals surface area contributed by atoms with E-state index in [1.807, 2.05) is 13.0 Å². The van der Waals surface area contributed by atoms with Gasteiger partial charge in [0.1, 0.15) is 6.61 Å². The van der Waals surface area contributed by atoms with Gasteiger partial charge in [0.15, 0.2) is 11.6 Å². The second kappa shape index (κ2) is 6.60. The molecule has 7 atom stereocenters. The summed E-state index contributed by atoms with van der Waals surface area (Å²) in [6.45, 7) is 5.69. The van der Waals surface area contributed by atoms with Crippen molar-refractivity contribution in [3.8, 4) is 0 Å². The number of fused-ring (bicyclic) bond motifs is 3. The fourth-order valence-electron chi connectivity index (χ4n) is 5.73. The van der Waals surface area contributed by atoms with Crippen LogP contribution in [-0.4, -0.2) is 29.3 Å². The summed E-state index contributed by atoms with van der Waals surface area (Å²) >= 11 is 0. The van der Waals surface area contributed by atoms with Crippen LogP contribution in [0, 0.1) is 39.9 Å². The van der Waals surface area contributed by atoms with Crippen molar-refractivity contribution >= 4 is 11.6 Å². The minimum atomic E-state index is -0.451. The largest absolute Gasteiger partial charge is 0.389 e. The van der Waals surface area contributed by atoms with Crippen LogP contribution in [0.15, 0.2) is 29.0 Å². The number of aliphatic hydroxyl groups excluding tert-OH is 1. The lowest BCUT2D eigenvalue weighted by molar-refractivity contribution is -0.129. The van der Waals surface area contributed by atoms with Gasteiger partial charge in [-0.1, -0.05) is 37.6 Å². The number of nitroso groups, excluding NO2 is 1. The second-order valence-electron chi connectivity index (χ2n) is 8.26. The van der Waals surface area contributed by atoms with Gasteiger partial charge < -0.3 is 5.11 Å². The Morgan fingerprint density at radius 3 is 2.84 bits per heavy atom. The SMILES string of the molecule is CC(C(=O)CO)C1CC(N=O)C2C(CCC3=CC(=O)C=CC32C)C1C. The number of nitrogens with zero attached hydrogens (tertiary/aromatic N) is 1. The molecule has 1 N–H and O–H groups in total. The Morgan fingerprint density at radius 2 is 2.20 bits per heavy atom. The fraction of sp³-hybridized carbons (Fsp3) is 0.700. The smallest absolute Gasteiger partial charge is 0.178 e. The van der Waals surface area contributed by atoms with Crippen LogP contribution >= 0.6 is 0 Å². The quantitative estimate of drug-likeness (QED) is 0.794. The molecule has 0 bridgehead atoms. The highest BCUT2D eigenvalue weighted by molar-refractivity contribution is 6.01. The first-order chi connectivity index (χ1) is 11.8. The Morgan fingerprint density at radius 1 is 1.48 bits per heavy atom. The summed E-state index contributed by atoms with van der Waals surface area (Å²) in [5.74, 6) is 0.284. The maximum absolute atomic E-state index is 12.0. The minimum absolute atomic E-state index is 0.0189. The molecule has 0 spiro atoms. The van der Waals surface area contributed by atoms with Crippen molar-refractivity contribution in [3.63, 3.8) is 0 Å². The first-order valence-electron chi connectivity index (χ1n) is 9.23. The molecule has 136 valence electrons. The molecule has 0 aromatic carbocycles. The summed E-state index contributed by atoms with van der Waals surface area (Å²) in [5.41, 5.74) is 0.804. The molecule has 0 radical (unpaired) electrons. The molecule has 5 heteroatoms. The Labute approximate surface area is 148 Å². The van der Waals surface area contributed by atoms with Gasteiger partial charge in [-0.3, -0.25) is 9.59 Å². The van der Waals surface area contributed by atoms with Crippen molar-refractivity contribution in [1.82, 2.24) is 0 Å². The molecule has 5 nitrogen and oxygen atoms in total. The van der Waals surface area contributed by atoms with Crippen molar-refractivity contribution < 1.29 is 14.7 Å². The van der Waals surface area contributed by atoms with Gasteiger partial charge in [0, 0.05) is 17.3 Å². The summed E-state index contributed by atoms with van der Waals surface area (Å²) in [4.78, 5) is 35.5. The first kappa shape index (κ1) is 18.2. The lowest BCUT2D eigenvalue weighted by Crippen LogP contribution is -2.53. The van der Waals surface area contributed by atoms with E-state index < -0.39 is 6.61 Å². The van der Waals surface area contributed by atoms with Gasteiger partial charge in [-0.25, -0.2) is 0 Å². The van der Waals surface area contributed by atoms with Crippen LogP contribution in [-0.2, 0) is 9.59 Å². The van der Waals surface area contributed by atoms with Crippen LogP contribution < -0.4 is 0 Å². The first-order valence-corrected chi connectivity index (χ1v) is 9.23. The van der Waals surface area contributed by atoms with Crippen molar-refractivity contribution in [2.45, 2.75) is 46.1 Å². The normalized spacial score (nSPS) is 41.4. The van der Waals surface area contributed by atoms with E-state index in [9.17, 15) is 19.6 Å². The van der Waals surface area contributed by atoms with E-state index in [-0.39, 0.29) is 52.6 Å². The molecule has 25 heavy (non-hydrogen) atoms. The van der Waals surface area contributed by atoms with Crippen LogP contribution in [0.5, 0.6) is 0 Å². The standard InChI is InChI=1S/C20H27NO4/c1-11-15-5-4-13-8-14(23)6-7-20(13,3)19(15)17(21-25)9-16(11)12(2)18(24)10-22/h6-8,11-12,15-17,19,22H,4-5,9-10H2,1-3H3. The second-order valence-corrected chi connectivity index (χ2v) is 8.26. The minimum Gasteiger partial charge on any atom is -0.389 e. The molecule has 0 heterocycles. The number of carbonyl (C=O) groups excluding carboxylic acids is 2. The number of Topliss-reactive ketones (excluding diaryl/α,β-unsaturated/α-hetero) is 1. The average Bonchev–Trinajstić information content (AvgIpc) is 2.61. The molecule has 0 aliphatic heterocycles. The van der Waals surface area contributed by atoms with E-state index >= 15 is 0 Å². The summed E-state index contributed by atoms with van der Waals surface area (Å²) in [6.07, 6.45) is 7.64. The van der Waals surface area contributed by atoms with Crippen molar-refractivity contribution in [3.05, 3.63) is 28.7 Å². The van der Waals surface area contributed by atoms with Crippen LogP contribution in [0.1, 0.15) is 40.0 Å². The van der Waals surface area contributed by atoms with Crippen molar-refractivity contribution in [1.29, 1.82) is 0 Å². The molecular formula is C20H27NO4. The van der Waals surface area contributed by atoms with E-state index in [2.05, 4.69) is 19.0 Å². The molecular weight excluding hydrogens is 318 g/mol. The predicted octanol–water partition coefficient (Wildman–Crippen LogP) is 3.07. The van der Waals surface area contributed by atoms with E-state index in [0.29, 0.717) is 6.42 Å². The van der Waals surface area contributed by atoms with Crippen LogP contribution in [0.4, 0.5) is 0 Å². The Kier molecular flexibility index (Phi) is 4.80. The average molecular weight is 345 g/mol. The van der Waals surface area contributed by atoms with E-state index in [0.717, 1.165) is 18.4 Å². The summed E-state index contributed by atoms with van der Waals surface area (Å²) < 4.78 is 0. The molecule has 2 saturated carbocycles. The van der Waals surface area contributed by atoms with Crippen molar-refractivity contribution in [2.24, 2.45) is 40.2 Å². The highest BCUT2D eigenvalue weighted by Gasteiger charge is 2.55. The fourth-order valence-corrected chi connectivity index (χ4v) is 5.73.